The van der Waals surface area contributed by atoms with Crippen LogP contribution in [0.2, 0.25) is 0 Å². The number of nitrogens with one attached hydrogen (secondary N) is 1. The van der Waals surface area contributed by atoms with Gasteiger partial charge in [0.15, 0.2) is 0 Å². The molecule has 1 aromatic rings. The summed E-state index contributed by atoms with van der Waals surface area (Å²) in [6.45, 7) is 8.82. The van der Waals surface area contributed by atoms with E-state index in [0.29, 0.717) is 10.6 Å². The van der Waals surface area contributed by atoms with Crippen molar-refractivity contribution in [3.63, 3.8) is 0 Å². The van der Waals surface area contributed by atoms with Crippen molar-refractivity contribution in [1.29, 1.82) is 0 Å². The maximum Gasteiger partial charge on any atom is 0.130 e. The van der Waals surface area contributed by atoms with E-state index in [2.05, 4.69) is 37.7 Å². The van der Waals surface area contributed by atoms with Gasteiger partial charge >= 0.3 is 0 Å². The first kappa shape index (κ1) is 10.8. The van der Waals surface area contributed by atoms with Crippen molar-refractivity contribution in [2.75, 3.05) is 0 Å². The monoisotopic (exact) mass is 222 g/mol. The molecule has 0 saturated heterocycles. The van der Waals surface area contributed by atoms with Gasteiger partial charge in [0.2, 0.25) is 0 Å². The first-order chi connectivity index (χ1) is 6.88. The molecule has 1 aliphatic rings. The summed E-state index contributed by atoms with van der Waals surface area (Å²) in [7, 11) is 0. The summed E-state index contributed by atoms with van der Waals surface area (Å²) in [5, 5.41) is 0. The summed E-state index contributed by atoms with van der Waals surface area (Å²) in [5.41, 5.74) is 1.31. The van der Waals surface area contributed by atoms with Crippen molar-refractivity contribution in [3.8, 4) is 0 Å². The maximum atomic E-state index is 5.21. The van der Waals surface area contributed by atoms with E-state index in [1.165, 1.54) is 12.1 Å². The Hall–Kier alpha value is -0.700. The number of H-pyrrole nitrogens is 1. The van der Waals surface area contributed by atoms with Gasteiger partial charge in [0.05, 0.1) is 0 Å². The van der Waals surface area contributed by atoms with Crippen molar-refractivity contribution >= 4 is 12.2 Å². The van der Waals surface area contributed by atoms with Gasteiger partial charge in [-0.25, -0.2) is 4.98 Å². The van der Waals surface area contributed by atoms with Crippen LogP contribution in [0.3, 0.4) is 0 Å². The van der Waals surface area contributed by atoms with Crippen LogP contribution < -0.4 is 0 Å². The number of nitrogens with zero attached hydrogens (tertiary/aromatic N) is 1. The summed E-state index contributed by atoms with van der Waals surface area (Å²) in [6, 6.07) is 1.98. The highest BCUT2D eigenvalue weighted by Gasteiger charge is 2.36. The Morgan fingerprint density at radius 1 is 1.47 bits per heavy atom. The molecular formula is C12H18N2S. The second-order valence-corrected chi connectivity index (χ2v) is 6.01. The van der Waals surface area contributed by atoms with Crippen molar-refractivity contribution in [2.24, 2.45) is 5.92 Å². The Kier molecular flexibility index (Phi) is 2.45. The smallest absolute Gasteiger partial charge is 0.130 e. The minimum Gasteiger partial charge on any atom is -0.346 e. The Morgan fingerprint density at radius 3 is 2.53 bits per heavy atom. The van der Waals surface area contributed by atoms with Crippen LogP contribution in [-0.4, -0.2) is 9.97 Å². The molecular weight excluding hydrogens is 204 g/mol. The molecule has 1 heterocycles. The molecule has 2 atom stereocenters. The summed E-state index contributed by atoms with van der Waals surface area (Å²) in [6.07, 6.45) is 1.24. The molecule has 0 bridgehead atoms. The van der Waals surface area contributed by atoms with E-state index in [0.717, 1.165) is 11.7 Å². The number of hydrogen-bond acceptors (Lipinski definition) is 2. The van der Waals surface area contributed by atoms with E-state index in [1.807, 2.05) is 6.07 Å². The topological polar surface area (TPSA) is 28.7 Å². The third-order valence-corrected chi connectivity index (χ3v) is 3.24. The van der Waals surface area contributed by atoms with Gasteiger partial charge in [0.1, 0.15) is 10.5 Å². The van der Waals surface area contributed by atoms with Crippen LogP contribution in [0.25, 0.3) is 0 Å². The second kappa shape index (κ2) is 3.41. The van der Waals surface area contributed by atoms with Crippen LogP contribution in [0, 0.1) is 10.6 Å². The molecule has 0 aliphatic heterocycles. The normalized spacial score (nSPS) is 25.3. The van der Waals surface area contributed by atoms with E-state index in [9.17, 15) is 0 Å². The van der Waals surface area contributed by atoms with Crippen molar-refractivity contribution in [3.05, 3.63) is 22.2 Å². The Labute approximate surface area is 96.1 Å². The summed E-state index contributed by atoms with van der Waals surface area (Å²) >= 11 is 5.21. The quantitative estimate of drug-likeness (QED) is 0.736. The van der Waals surface area contributed by atoms with Gasteiger partial charge in [-0.3, -0.25) is 0 Å². The van der Waals surface area contributed by atoms with E-state index in [1.54, 1.807) is 0 Å². The highest BCUT2D eigenvalue weighted by atomic mass is 32.1. The lowest BCUT2D eigenvalue weighted by Crippen LogP contribution is -2.15. The highest BCUT2D eigenvalue weighted by Crippen LogP contribution is 2.45. The summed E-state index contributed by atoms with van der Waals surface area (Å²) in [4.78, 5) is 7.86. The molecule has 3 heteroatoms. The molecule has 2 unspecified atom stereocenters. The van der Waals surface area contributed by atoms with Crippen LogP contribution >= 0.6 is 12.2 Å². The Bertz CT molecular complexity index is 428. The molecule has 0 aromatic carbocycles. The molecule has 0 spiro atoms. The SMILES string of the molecule is CC1CC1c1nc(=S)cc(C(C)(C)C)[nH]1. The third-order valence-electron chi connectivity index (χ3n) is 3.03. The lowest BCUT2D eigenvalue weighted by molar-refractivity contribution is 0.560. The molecule has 0 radical (unpaired) electrons. The van der Waals surface area contributed by atoms with Gasteiger partial charge in [-0.05, 0) is 18.4 Å². The van der Waals surface area contributed by atoms with Gasteiger partial charge < -0.3 is 4.98 Å². The molecule has 15 heavy (non-hydrogen) atoms. The lowest BCUT2D eigenvalue weighted by Gasteiger charge is -2.19. The van der Waals surface area contributed by atoms with Crippen molar-refractivity contribution < 1.29 is 0 Å². The molecule has 1 saturated carbocycles. The van der Waals surface area contributed by atoms with Crippen molar-refractivity contribution in [1.82, 2.24) is 9.97 Å². The molecule has 1 aliphatic carbocycles. The standard InChI is InChI=1S/C12H18N2S/c1-7-5-8(7)11-13-9(12(2,3)4)6-10(15)14-11/h6-8H,5H2,1-4H3,(H,13,14,15). The van der Waals surface area contributed by atoms with E-state index in [-0.39, 0.29) is 5.41 Å². The third kappa shape index (κ3) is 2.28. The number of aromatic amines is 1. The van der Waals surface area contributed by atoms with Gasteiger partial charge in [0.25, 0.3) is 0 Å². The molecule has 0 amide bonds. The van der Waals surface area contributed by atoms with E-state index in [4.69, 9.17) is 12.2 Å². The predicted octanol–water partition coefficient (Wildman–Crippen LogP) is 3.56. The van der Waals surface area contributed by atoms with Gasteiger partial charge in [0, 0.05) is 17.0 Å². The summed E-state index contributed by atoms with van der Waals surface area (Å²) in [5.74, 6) is 2.45. The highest BCUT2D eigenvalue weighted by molar-refractivity contribution is 7.71. The molecule has 2 nitrogen and oxygen atoms in total. The Morgan fingerprint density at radius 2 is 2.07 bits per heavy atom. The lowest BCUT2D eigenvalue weighted by atomic mass is 9.92. The molecule has 82 valence electrons. The van der Waals surface area contributed by atoms with E-state index < -0.39 is 0 Å². The second-order valence-electron chi connectivity index (χ2n) is 5.59. The van der Waals surface area contributed by atoms with Crippen LogP contribution in [0.15, 0.2) is 6.07 Å². The van der Waals surface area contributed by atoms with Crippen LogP contribution in [0.1, 0.15) is 51.6 Å². The van der Waals surface area contributed by atoms with Crippen LogP contribution in [0.5, 0.6) is 0 Å². The van der Waals surface area contributed by atoms with E-state index >= 15 is 0 Å². The predicted molar refractivity (Wildman–Crippen MR) is 64.6 cm³/mol. The molecule has 2 rings (SSSR count). The zero-order valence-corrected chi connectivity index (χ0v) is 10.6. The fourth-order valence-electron chi connectivity index (χ4n) is 1.76. The minimum absolute atomic E-state index is 0.114. The van der Waals surface area contributed by atoms with Gasteiger partial charge in [-0.2, -0.15) is 0 Å². The van der Waals surface area contributed by atoms with Crippen LogP contribution in [-0.2, 0) is 5.41 Å². The zero-order chi connectivity index (χ0) is 11.2. The van der Waals surface area contributed by atoms with Crippen molar-refractivity contribution in [2.45, 2.75) is 45.4 Å². The molecule has 1 fully saturated rings. The summed E-state index contributed by atoms with van der Waals surface area (Å²) < 4.78 is 0.716. The fourth-order valence-corrected chi connectivity index (χ4v) is 1.98. The molecule has 1 aromatic heterocycles. The first-order valence-electron chi connectivity index (χ1n) is 5.49. The number of hydrogen-bond donors (Lipinski definition) is 1. The van der Waals surface area contributed by atoms with Gasteiger partial charge in [-0.15, -0.1) is 0 Å². The minimum atomic E-state index is 0.114. The molecule has 1 N–H and O–H groups in total. The van der Waals surface area contributed by atoms with Crippen LogP contribution in [0.4, 0.5) is 0 Å². The average Bonchev–Trinajstić information content (AvgIpc) is 2.80. The average molecular weight is 222 g/mol. The van der Waals surface area contributed by atoms with Gasteiger partial charge in [-0.1, -0.05) is 39.9 Å². The Balaban J connectivity index is 2.42. The largest absolute Gasteiger partial charge is 0.346 e. The number of rotatable bonds is 1. The zero-order valence-electron chi connectivity index (χ0n) is 9.79. The fraction of sp³-hybridized carbons (Fsp3) is 0.667. The maximum absolute atomic E-state index is 5.21. The first-order valence-corrected chi connectivity index (χ1v) is 5.90. The number of aromatic nitrogens is 2.